The molecule has 0 fully saturated rings. The maximum absolute atomic E-state index is 13.5. The number of carbonyl (C=O) groups is 2. The van der Waals surface area contributed by atoms with E-state index in [0.717, 1.165) is 10.0 Å². The molecule has 9 nitrogen and oxygen atoms in total. The van der Waals surface area contributed by atoms with Gasteiger partial charge in [0.15, 0.2) is 11.5 Å². The fraction of sp³-hybridized carbons (Fsp3) is 0.357. The lowest BCUT2D eigenvalue weighted by Gasteiger charge is -2.27. The van der Waals surface area contributed by atoms with Crippen molar-refractivity contribution in [1.29, 1.82) is 0 Å². The molecule has 1 N–H and O–H groups in total. The molecular weight excluding hydrogens is 554 g/mol. The second-order valence-corrected chi connectivity index (χ2v) is 9.45. The summed E-state index contributed by atoms with van der Waals surface area (Å²) in [6.45, 7) is 1.48. The number of benzene rings is 2. The minimum absolute atomic E-state index is 0.0846. The van der Waals surface area contributed by atoms with Crippen LogP contribution in [0.15, 0.2) is 69.8 Å². The fourth-order valence-corrected chi connectivity index (χ4v) is 4.10. The zero-order valence-electron chi connectivity index (χ0n) is 21.9. The summed E-state index contributed by atoms with van der Waals surface area (Å²) in [7, 11) is 4.79. The van der Waals surface area contributed by atoms with E-state index >= 15 is 0 Å². The number of furan rings is 1. The number of nitrogens with zero attached hydrogens (tertiary/aromatic N) is 2. The number of ether oxygens (including phenoxy) is 3. The number of rotatable bonds is 14. The molecule has 0 saturated carbocycles. The van der Waals surface area contributed by atoms with Crippen molar-refractivity contribution in [3.05, 3.63) is 76.7 Å². The first-order chi connectivity index (χ1) is 18.4. The van der Waals surface area contributed by atoms with E-state index in [0.29, 0.717) is 62.0 Å². The molecule has 0 aliphatic heterocycles. The standard InChI is InChI=1S/C28H34BrN3O6/c1-35-16-5-14-32(28(34)30-23-10-8-22(29)9-11-23)20-27(33)31(19-24-6-4-17-38-24)15-13-21-7-12-25(36-2)26(18-21)37-3/h4,6-12,17-18H,5,13-16,19-20H2,1-3H3,(H,30,34). The monoisotopic (exact) mass is 587 g/mol. The largest absolute Gasteiger partial charge is 0.493 e. The Morgan fingerprint density at radius 3 is 2.37 bits per heavy atom. The summed E-state index contributed by atoms with van der Waals surface area (Å²) < 4.78 is 22.3. The van der Waals surface area contributed by atoms with E-state index in [2.05, 4.69) is 21.2 Å². The van der Waals surface area contributed by atoms with Crippen molar-refractivity contribution in [2.45, 2.75) is 19.4 Å². The number of hydrogen-bond acceptors (Lipinski definition) is 6. The summed E-state index contributed by atoms with van der Waals surface area (Å²) in [4.78, 5) is 29.9. The number of urea groups is 1. The van der Waals surface area contributed by atoms with Crippen LogP contribution in [0.4, 0.5) is 10.5 Å². The molecule has 38 heavy (non-hydrogen) atoms. The Hall–Kier alpha value is -3.50. The highest BCUT2D eigenvalue weighted by Crippen LogP contribution is 2.28. The Labute approximate surface area is 231 Å². The first kappa shape index (κ1) is 29.1. The average molecular weight is 588 g/mol. The van der Waals surface area contributed by atoms with Crippen molar-refractivity contribution in [3.8, 4) is 11.5 Å². The summed E-state index contributed by atoms with van der Waals surface area (Å²) in [6, 6.07) is 16.2. The average Bonchev–Trinajstić information content (AvgIpc) is 3.44. The lowest BCUT2D eigenvalue weighted by atomic mass is 10.1. The van der Waals surface area contributed by atoms with Gasteiger partial charge in [0.2, 0.25) is 5.91 Å². The summed E-state index contributed by atoms with van der Waals surface area (Å²) >= 11 is 3.39. The van der Waals surface area contributed by atoms with Crippen LogP contribution in [0.3, 0.4) is 0 Å². The van der Waals surface area contributed by atoms with E-state index in [1.807, 2.05) is 36.4 Å². The van der Waals surface area contributed by atoms with Gasteiger partial charge in [-0.2, -0.15) is 0 Å². The number of hydrogen-bond donors (Lipinski definition) is 1. The Kier molecular flexibility index (Phi) is 11.5. The molecule has 0 aliphatic rings. The van der Waals surface area contributed by atoms with Gasteiger partial charge in [-0.3, -0.25) is 4.79 Å². The fourth-order valence-electron chi connectivity index (χ4n) is 3.83. The molecule has 0 aliphatic carbocycles. The number of amides is 3. The van der Waals surface area contributed by atoms with Crippen molar-refractivity contribution in [2.75, 3.05) is 52.9 Å². The molecule has 3 rings (SSSR count). The van der Waals surface area contributed by atoms with Crippen molar-refractivity contribution >= 4 is 33.6 Å². The SMILES string of the molecule is COCCCN(CC(=O)N(CCc1ccc(OC)c(OC)c1)Cc1ccco1)C(=O)Nc1ccc(Br)cc1. The molecule has 1 aromatic heterocycles. The lowest BCUT2D eigenvalue weighted by molar-refractivity contribution is -0.132. The first-order valence-electron chi connectivity index (χ1n) is 12.2. The zero-order chi connectivity index (χ0) is 27.3. The third-order valence-corrected chi connectivity index (χ3v) is 6.41. The molecule has 2 aromatic carbocycles. The quantitative estimate of drug-likeness (QED) is 0.260. The predicted molar refractivity (Wildman–Crippen MR) is 149 cm³/mol. The topological polar surface area (TPSA) is 93.5 Å². The number of anilines is 1. The highest BCUT2D eigenvalue weighted by Gasteiger charge is 2.22. The minimum atomic E-state index is -0.352. The second-order valence-electron chi connectivity index (χ2n) is 8.54. The van der Waals surface area contributed by atoms with Crippen LogP contribution in [-0.4, -0.2) is 69.3 Å². The molecule has 10 heteroatoms. The van der Waals surface area contributed by atoms with Gasteiger partial charge >= 0.3 is 6.03 Å². The highest BCUT2D eigenvalue weighted by atomic mass is 79.9. The third kappa shape index (κ3) is 8.81. The maximum Gasteiger partial charge on any atom is 0.322 e. The van der Waals surface area contributed by atoms with E-state index in [1.54, 1.807) is 50.7 Å². The Morgan fingerprint density at radius 2 is 1.71 bits per heavy atom. The molecule has 0 unspecified atom stereocenters. The molecule has 0 saturated heterocycles. The van der Waals surface area contributed by atoms with Gasteiger partial charge in [0, 0.05) is 37.0 Å². The molecule has 3 amide bonds. The van der Waals surface area contributed by atoms with Gasteiger partial charge in [0.1, 0.15) is 12.3 Å². The number of carbonyl (C=O) groups excluding carboxylic acids is 2. The van der Waals surface area contributed by atoms with Crippen LogP contribution in [0, 0.1) is 0 Å². The van der Waals surface area contributed by atoms with E-state index < -0.39 is 0 Å². The summed E-state index contributed by atoms with van der Waals surface area (Å²) in [5.74, 6) is 1.74. The normalized spacial score (nSPS) is 10.6. The number of nitrogens with one attached hydrogen (secondary N) is 1. The van der Waals surface area contributed by atoms with Crippen LogP contribution < -0.4 is 14.8 Å². The van der Waals surface area contributed by atoms with Gasteiger partial charge in [-0.1, -0.05) is 22.0 Å². The van der Waals surface area contributed by atoms with Gasteiger partial charge in [0.25, 0.3) is 0 Å². The number of halogens is 1. The summed E-state index contributed by atoms with van der Waals surface area (Å²) in [5, 5.41) is 2.88. The Balaban J connectivity index is 1.73. The summed E-state index contributed by atoms with van der Waals surface area (Å²) in [5.41, 5.74) is 1.63. The van der Waals surface area contributed by atoms with Crippen LogP contribution in [0.25, 0.3) is 0 Å². The molecule has 1 heterocycles. The van der Waals surface area contributed by atoms with Crippen molar-refractivity contribution in [1.82, 2.24) is 9.80 Å². The lowest BCUT2D eigenvalue weighted by Crippen LogP contribution is -2.45. The van der Waals surface area contributed by atoms with E-state index in [1.165, 1.54) is 4.90 Å². The van der Waals surface area contributed by atoms with Gasteiger partial charge in [-0.05, 0) is 66.9 Å². The maximum atomic E-state index is 13.5. The zero-order valence-corrected chi connectivity index (χ0v) is 23.5. The van der Waals surface area contributed by atoms with Gasteiger partial charge < -0.3 is 33.7 Å². The van der Waals surface area contributed by atoms with Crippen molar-refractivity contribution < 1.29 is 28.2 Å². The van der Waals surface area contributed by atoms with Crippen LogP contribution >= 0.6 is 15.9 Å². The van der Waals surface area contributed by atoms with Crippen LogP contribution in [0.5, 0.6) is 11.5 Å². The number of methoxy groups -OCH3 is 3. The van der Waals surface area contributed by atoms with Gasteiger partial charge in [-0.15, -0.1) is 0 Å². The van der Waals surface area contributed by atoms with E-state index in [-0.39, 0.29) is 18.5 Å². The molecular formula is C28H34BrN3O6. The van der Waals surface area contributed by atoms with Crippen LogP contribution in [0.2, 0.25) is 0 Å². The van der Waals surface area contributed by atoms with Gasteiger partial charge in [-0.25, -0.2) is 4.79 Å². The van der Waals surface area contributed by atoms with Crippen molar-refractivity contribution in [3.63, 3.8) is 0 Å². The summed E-state index contributed by atoms with van der Waals surface area (Å²) in [6.07, 6.45) is 2.76. The molecule has 0 radical (unpaired) electrons. The molecule has 3 aromatic rings. The molecule has 0 spiro atoms. The minimum Gasteiger partial charge on any atom is -0.493 e. The molecule has 0 atom stereocenters. The molecule has 0 bridgehead atoms. The van der Waals surface area contributed by atoms with Gasteiger partial charge in [0.05, 0.1) is 27.0 Å². The Morgan fingerprint density at radius 1 is 0.947 bits per heavy atom. The second kappa shape index (κ2) is 15.0. The van der Waals surface area contributed by atoms with Crippen molar-refractivity contribution in [2.24, 2.45) is 0 Å². The third-order valence-electron chi connectivity index (χ3n) is 5.88. The van der Waals surface area contributed by atoms with Crippen LogP contribution in [0.1, 0.15) is 17.7 Å². The molecule has 204 valence electrons. The predicted octanol–water partition coefficient (Wildman–Crippen LogP) is 5.20. The van der Waals surface area contributed by atoms with E-state index in [4.69, 9.17) is 18.6 Å². The Bertz CT molecular complexity index is 1150. The smallest absolute Gasteiger partial charge is 0.322 e. The van der Waals surface area contributed by atoms with E-state index in [9.17, 15) is 9.59 Å². The van der Waals surface area contributed by atoms with Crippen LogP contribution in [-0.2, 0) is 22.5 Å². The highest BCUT2D eigenvalue weighted by molar-refractivity contribution is 9.10. The first-order valence-corrected chi connectivity index (χ1v) is 13.0.